The zero-order valence-corrected chi connectivity index (χ0v) is 13.4. The van der Waals surface area contributed by atoms with Crippen LogP contribution in [0.15, 0.2) is 0 Å². The summed E-state index contributed by atoms with van der Waals surface area (Å²) in [7, 11) is 0. The maximum Gasteiger partial charge on any atom is 0.323 e. The Balaban J connectivity index is 2.49. The molecule has 0 aromatic carbocycles. The Bertz CT molecular complexity index is 308. The van der Waals surface area contributed by atoms with Gasteiger partial charge in [0.05, 0.1) is 12.2 Å². The number of nitrogens with one attached hydrogen (secondary N) is 1. The highest BCUT2D eigenvalue weighted by atomic mass is 16.5. The lowest BCUT2D eigenvalue weighted by molar-refractivity contribution is -0.146. The van der Waals surface area contributed by atoms with Gasteiger partial charge in [0.25, 0.3) is 0 Å². The molecule has 4 nitrogen and oxygen atoms in total. The molecule has 0 heterocycles. The van der Waals surface area contributed by atoms with E-state index < -0.39 is 11.5 Å². The van der Waals surface area contributed by atoms with Gasteiger partial charge < -0.3 is 15.2 Å². The molecular formula is C16H31NO3. The van der Waals surface area contributed by atoms with Crippen LogP contribution >= 0.6 is 0 Å². The second kappa shape index (κ2) is 7.99. The van der Waals surface area contributed by atoms with Gasteiger partial charge in [0.2, 0.25) is 0 Å². The molecule has 4 unspecified atom stereocenters. The first kappa shape index (κ1) is 17.4. The first-order chi connectivity index (χ1) is 9.41. The van der Waals surface area contributed by atoms with Gasteiger partial charge in [0.1, 0.15) is 5.54 Å². The van der Waals surface area contributed by atoms with Crippen molar-refractivity contribution in [3.05, 3.63) is 0 Å². The van der Waals surface area contributed by atoms with Crippen molar-refractivity contribution >= 4 is 5.97 Å². The van der Waals surface area contributed by atoms with Crippen LogP contribution < -0.4 is 5.32 Å². The summed E-state index contributed by atoms with van der Waals surface area (Å²) in [5.74, 6) is -0.0227. The lowest BCUT2D eigenvalue weighted by Crippen LogP contribution is -2.51. The number of likely N-dealkylation sites (N-methyl/N-ethyl adjacent to an activating group) is 1. The predicted molar refractivity (Wildman–Crippen MR) is 80.9 cm³/mol. The van der Waals surface area contributed by atoms with Gasteiger partial charge >= 0.3 is 5.97 Å². The number of carbonyl (C=O) groups is 1. The number of carboxylic acids is 1. The van der Waals surface area contributed by atoms with E-state index in [9.17, 15) is 9.90 Å². The molecule has 1 aliphatic carbocycles. The number of hydrogen-bond acceptors (Lipinski definition) is 3. The summed E-state index contributed by atoms with van der Waals surface area (Å²) >= 11 is 0. The van der Waals surface area contributed by atoms with Crippen molar-refractivity contribution in [1.29, 1.82) is 0 Å². The average molecular weight is 285 g/mol. The van der Waals surface area contributed by atoms with Crippen LogP contribution in [0.5, 0.6) is 0 Å². The van der Waals surface area contributed by atoms with E-state index in [-0.39, 0.29) is 6.10 Å². The Kier molecular flexibility index (Phi) is 6.96. The molecule has 0 aromatic rings. The van der Waals surface area contributed by atoms with E-state index in [0.717, 1.165) is 18.8 Å². The fourth-order valence-corrected chi connectivity index (χ4v) is 3.31. The topological polar surface area (TPSA) is 58.6 Å². The van der Waals surface area contributed by atoms with Gasteiger partial charge in [-0.3, -0.25) is 4.79 Å². The van der Waals surface area contributed by atoms with Crippen molar-refractivity contribution in [3.8, 4) is 0 Å². The van der Waals surface area contributed by atoms with Gasteiger partial charge in [0.15, 0.2) is 0 Å². The third kappa shape index (κ3) is 5.06. The van der Waals surface area contributed by atoms with E-state index in [2.05, 4.69) is 12.2 Å². The Hall–Kier alpha value is -0.610. The Morgan fingerprint density at radius 2 is 2.15 bits per heavy atom. The highest BCUT2D eigenvalue weighted by Crippen LogP contribution is 2.30. The third-order valence-corrected chi connectivity index (χ3v) is 4.47. The molecule has 1 rings (SSSR count). The zero-order chi connectivity index (χ0) is 15.2. The molecule has 0 amide bonds. The number of ether oxygens (including phenoxy) is 1. The molecule has 0 spiro atoms. The lowest BCUT2D eigenvalue weighted by atomic mass is 9.85. The molecule has 0 saturated heterocycles. The van der Waals surface area contributed by atoms with Crippen molar-refractivity contribution in [2.24, 2.45) is 5.92 Å². The van der Waals surface area contributed by atoms with Gasteiger partial charge in [-0.15, -0.1) is 0 Å². The molecule has 4 atom stereocenters. The third-order valence-electron chi connectivity index (χ3n) is 4.47. The summed E-state index contributed by atoms with van der Waals surface area (Å²) in [6.07, 6.45) is 6.80. The number of hydrogen-bond donors (Lipinski definition) is 2. The van der Waals surface area contributed by atoms with Gasteiger partial charge in [-0.2, -0.15) is 0 Å². The fraction of sp³-hybridized carbons (Fsp3) is 0.938. The maximum atomic E-state index is 11.4. The molecule has 0 aliphatic heterocycles. The first-order valence-corrected chi connectivity index (χ1v) is 8.05. The normalized spacial score (nSPS) is 27.8. The molecule has 1 aliphatic rings. The molecule has 118 valence electrons. The van der Waals surface area contributed by atoms with Crippen LogP contribution in [-0.2, 0) is 9.53 Å². The molecule has 4 heteroatoms. The quantitative estimate of drug-likeness (QED) is 0.719. The lowest BCUT2D eigenvalue weighted by Gasteiger charge is -2.34. The monoisotopic (exact) mass is 285 g/mol. The van der Waals surface area contributed by atoms with Crippen LogP contribution in [0.1, 0.15) is 66.2 Å². The molecule has 0 bridgehead atoms. The summed E-state index contributed by atoms with van der Waals surface area (Å²) in [5, 5.41) is 12.4. The highest BCUT2D eigenvalue weighted by Gasteiger charge is 2.35. The van der Waals surface area contributed by atoms with Crippen LogP contribution in [0.2, 0.25) is 0 Å². The standard InChI is InChI=1S/C16H31NO3/c1-5-13-8-7-9-14(10-13)20-12(3)11-16(4,15(18)19)17-6-2/h12-14,17H,5-11H2,1-4H3,(H,18,19). The van der Waals surface area contributed by atoms with E-state index in [4.69, 9.17) is 4.74 Å². The molecule has 0 radical (unpaired) electrons. The molecule has 1 fully saturated rings. The largest absolute Gasteiger partial charge is 0.480 e. The van der Waals surface area contributed by atoms with Gasteiger partial charge in [-0.1, -0.05) is 33.1 Å². The van der Waals surface area contributed by atoms with E-state index in [1.165, 1.54) is 19.3 Å². The minimum atomic E-state index is -0.896. The molecule has 0 aromatic heterocycles. The first-order valence-electron chi connectivity index (χ1n) is 8.05. The predicted octanol–water partition coefficient (Wildman–Crippen LogP) is 3.20. The van der Waals surface area contributed by atoms with Crippen LogP contribution in [0.3, 0.4) is 0 Å². The molecular weight excluding hydrogens is 254 g/mol. The van der Waals surface area contributed by atoms with Crippen LogP contribution in [0, 0.1) is 5.92 Å². The van der Waals surface area contributed by atoms with E-state index in [0.29, 0.717) is 19.1 Å². The Morgan fingerprint density at radius 3 is 2.70 bits per heavy atom. The highest BCUT2D eigenvalue weighted by molar-refractivity contribution is 5.78. The number of rotatable bonds is 8. The van der Waals surface area contributed by atoms with Crippen LogP contribution in [-0.4, -0.2) is 35.4 Å². The minimum absolute atomic E-state index is 0.0317. The number of carboxylic acid groups (broad SMARTS) is 1. The summed E-state index contributed by atoms with van der Waals surface area (Å²) in [6.45, 7) is 8.56. The SMILES string of the molecule is CCNC(C)(CC(C)OC1CCCC(CC)C1)C(=O)O. The van der Waals surface area contributed by atoms with Crippen molar-refractivity contribution in [2.45, 2.75) is 84.0 Å². The Morgan fingerprint density at radius 1 is 1.45 bits per heavy atom. The molecule has 20 heavy (non-hydrogen) atoms. The van der Waals surface area contributed by atoms with E-state index in [1.54, 1.807) is 6.92 Å². The fourth-order valence-electron chi connectivity index (χ4n) is 3.31. The number of aliphatic carboxylic acids is 1. The molecule has 2 N–H and O–H groups in total. The van der Waals surface area contributed by atoms with Crippen LogP contribution in [0.4, 0.5) is 0 Å². The van der Waals surface area contributed by atoms with Crippen molar-refractivity contribution in [2.75, 3.05) is 6.54 Å². The second-order valence-electron chi connectivity index (χ2n) is 6.38. The van der Waals surface area contributed by atoms with Crippen molar-refractivity contribution < 1.29 is 14.6 Å². The summed E-state index contributed by atoms with van der Waals surface area (Å²) in [5.41, 5.74) is -0.896. The van der Waals surface area contributed by atoms with E-state index in [1.807, 2.05) is 13.8 Å². The summed E-state index contributed by atoms with van der Waals surface area (Å²) in [4.78, 5) is 11.4. The summed E-state index contributed by atoms with van der Waals surface area (Å²) in [6, 6.07) is 0. The average Bonchev–Trinajstić information content (AvgIpc) is 2.38. The van der Waals surface area contributed by atoms with Crippen molar-refractivity contribution in [1.82, 2.24) is 5.32 Å². The Labute approximate surface area is 123 Å². The molecule has 1 saturated carbocycles. The van der Waals surface area contributed by atoms with E-state index >= 15 is 0 Å². The van der Waals surface area contributed by atoms with Gasteiger partial charge in [0, 0.05) is 6.42 Å². The smallest absolute Gasteiger partial charge is 0.323 e. The second-order valence-corrected chi connectivity index (χ2v) is 6.38. The zero-order valence-electron chi connectivity index (χ0n) is 13.4. The summed E-state index contributed by atoms with van der Waals surface area (Å²) < 4.78 is 6.11. The van der Waals surface area contributed by atoms with Crippen LogP contribution in [0.25, 0.3) is 0 Å². The van der Waals surface area contributed by atoms with Crippen molar-refractivity contribution in [3.63, 3.8) is 0 Å². The minimum Gasteiger partial charge on any atom is -0.480 e. The van der Waals surface area contributed by atoms with Gasteiger partial charge in [-0.25, -0.2) is 0 Å². The maximum absolute atomic E-state index is 11.4. The van der Waals surface area contributed by atoms with Gasteiger partial charge in [-0.05, 0) is 39.2 Å².